The molecule has 0 fully saturated rings. The smallest absolute Gasteiger partial charge is 0.189 e. The summed E-state index contributed by atoms with van der Waals surface area (Å²) >= 11 is 0. The fourth-order valence-electron chi connectivity index (χ4n) is 6.48. The lowest BCUT2D eigenvalue weighted by atomic mass is 10.0. The molecule has 5 aromatic carbocycles. The summed E-state index contributed by atoms with van der Waals surface area (Å²) in [5, 5.41) is 4.85. The number of para-hydroxylation sites is 2. The van der Waals surface area contributed by atoms with Crippen LogP contribution in [0.25, 0.3) is 71.0 Å². The maximum atomic E-state index is 7.85. The highest BCUT2D eigenvalue weighted by Crippen LogP contribution is 2.41. The quantitative estimate of drug-likeness (QED) is 0.206. The van der Waals surface area contributed by atoms with E-state index in [2.05, 4.69) is 130 Å². The summed E-state index contributed by atoms with van der Waals surface area (Å²) < 4.78 is 4.66. The topological polar surface area (TPSA) is 27.1 Å². The van der Waals surface area contributed by atoms with Crippen molar-refractivity contribution < 1.29 is 0 Å². The van der Waals surface area contributed by atoms with Crippen molar-refractivity contribution in [3.05, 3.63) is 144 Å². The first kappa shape index (κ1) is 24.2. The van der Waals surface area contributed by atoms with Gasteiger partial charge in [-0.15, -0.1) is 0 Å². The highest BCUT2D eigenvalue weighted by Gasteiger charge is 2.20. The first-order valence-electron chi connectivity index (χ1n) is 14.1. The fourth-order valence-corrected chi connectivity index (χ4v) is 6.48. The lowest BCUT2D eigenvalue weighted by molar-refractivity contribution is 1.14. The van der Waals surface area contributed by atoms with Crippen LogP contribution in [0.1, 0.15) is 11.1 Å². The van der Waals surface area contributed by atoms with Gasteiger partial charge in [-0.3, -0.25) is 4.98 Å². The largest absolute Gasteiger partial charge is 0.310 e. The van der Waals surface area contributed by atoms with Gasteiger partial charge in [-0.1, -0.05) is 71.8 Å². The van der Waals surface area contributed by atoms with Gasteiger partial charge in [0.05, 0.1) is 34.3 Å². The Bertz CT molecular complexity index is 2400. The molecular weight excluding hydrogens is 512 g/mol. The predicted molar refractivity (Wildman–Crippen MR) is 174 cm³/mol. The third-order valence-electron chi connectivity index (χ3n) is 8.34. The van der Waals surface area contributed by atoms with Crippen LogP contribution in [-0.4, -0.2) is 14.1 Å². The summed E-state index contributed by atoms with van der Waals surface area (Å²) in [6.45, 7) is 12.1. The molecule has 3 heterocycles. The number of rotatable bonds is 3. The molecule has 4 nitrogen and oxygen atoms in total. The number of aromatic nitrogens is 3. The zero-order valence-corrected chi connectivity index (χ0v) is 23.3. The van der Waals surface area contributed by atoms with E-state index in [1.807, 2.05) is 24.5 Å². The fraction of sp³-hybridized carbons (Fsp3) is 0.0526. The van der Waals surface area contributed by atoms with Gasteiger partial charge in [-0.25, -0.2) is 4.85 Å². The molecule has 0 aliphatic carbocycles. The predicted octanol–water partition coefficient (Wildman–Crippen LogP) is 10.1. The summed E-state index contributed by atoms with van der Waals surface area (Å²) in [5.41, 5.74) is 11.6. The standard InChI is InChI=1S/C38H26N4/c1-24-12-16-35-30(20-24)27-8-4-6-10-33(27)41(35)37-18-19-40-23-32(37)29-15-14-26(39-3)22-38(29)42-34-11-7-5-9-28(34)31-21-25(2)13-17-36(31)42/h4-23H,1-2H3. The molecule has 0 saturated heterocycles. The van der Waals surface area contributed by atoms with Gasteiger partial charge >= 0.3 is 0 Å². The molecule has 3 aromatic heterocycles. The summed E-state index contributed by atoms with van der Waals surface area (Å²) in [4.78, 5) is 8.45. The van der Waals surface area contributed by atoms with Crippen LogP contribution in [0.2, 0.25) is 0 Å². The molecule has 42 heavy (non-hydrogen) atoms. The highest BCUT2D eigenvalue weighted by atomic mass is 15.0. The van der Waals surface area contributed by atoms with Crippen LogP contribution in [0.3, 0.4) is 0 Å². The SMILES string of the molecule is [C-]#[N+]c1ccc(-c2cnccc2-n2c3ccccc3c3cc(C)ccc32)c(-n2c3ccccc3c3cc(C)ccc32)c1. The first-order chi connectivity index (χ1) is 20.6. The van der Waals surface area contributed by atoms with E-state index < -0.39 is 0 Å². The van der Waals surface area contributed by atoms with Crippen molar-refractivity contribution in [2.75, 3.05) is 0 Å². The van der Waals surface area contributed by atoms with Crippen molar-refractivity contribution in [2.45, 2.75) is 13.8 Å². The number of pyridine rings is 1. The Morgan fingerprint density at radius 3 is 1.74 bits per heavy atom. The monoisotopic (exact) mass is 538 g/mol. The minimum absolute atomic E-state index is 0.601. The van der Waals surface area contributed by atoms with Crippen LogP contribution in [-0.2, 0) is 0 Å². The van der Waals surface area contributed by atoms with E-state index in [4.69, 9.17) is 6.57 Å². The molecular formula is C38H26N4. The van der Waals surface area contributed by atoms with Gasteiger partial charge in [0, 0.05) is 50.8 Å². The van der Waals surface area contributed by atoms with Gasteiger partial charge in [0.15, 0.2) is 5.69 Å². The minimum Gasteiger partial charge on any atom is -0.310 e. The summed E-state index contributed by atoms with van der Waals surface area (Å²) in [6.07, 6.45) is 3.82. The molecule has 8 rings (SSSR count). The number of aryl methyl sites for hydroxylation is 2. The van der Waals surface area contributed by atoms with Crippen LogP contribution in [0.15, 0.2) is 122 Å². The Labute approximate surface area is 243 Å². The molecule has 0 unspecified atom stereocenters. The van der Waals surface area contributed by atoms with E-state index in [-0.39, 0.29) is 0 Å². The lowest BCUT2D eigenvalue weighted by Gasteiger charge is -2.18. The van der Waals surface area contributed by atoms with E-state index >= 15 is 0 Å². The van der Waals surface area contributed by atoms with Crippen LogP contribution < -0.4 is 0 Å². The molecule has 0 amide bonds. The first-order valence-corrected chi connectivity index (χ1v) is 14.1. The molecule has 0 aliphatic heterocycles. The van der Waals surface area contributed by atoms with Crippen molar-refractivity contribution in [1.82, 2.24) is 14.1 Å². The van der Waals surface area contributed by atoms with Gasteiger partial charge in [-0.05, 0) is 62.4 Å². The van der Waals surface area contributed by atoms with Gasteiger partial charge in [0.25, 0.3) is 0 Å². The number of hydrogen-bond donors (Lipinski definition) is 0. The van der Waals surface area contributed by atoms with Gasteiger partial charge in [0.1, 0.15) is 0 Å². The maximum Gasteiger partial charge on any atom is 0.189 e. The molecule has 0 bridgehead atoms. The van der Waals surface area contributed by atoms with E-state index in [0.29, 0.717) is 5.69 Å². The van der Waals surface area contributed by atoms with Crippen LogP contribution in [0.5, 0.6) is 0 Å². The Morgan fingerprint density at radius 1 is 0.548 bits per heavy atom. The van der Waals surface area contributed by atoms with Crippen molar-refractivity contribution in [3.8, 4) is 22.5 Å². The number of hydrogen-bond acceptors (Lipinski definition) is 1. The Hall–Kier alpha value is -5.66. The maximum absolute atomic E-state index is 7.85. The second-order valence-corrected chi connectivity index (χ2v) is 11.0. The van der Waals surface area contributed by atoms with Crippen molar-refractivity contribution in [3.63, 3.8) is 0 Å². The van der Waals surface area contributed by atoms with E-state index in [1.165, 1.54) is 32.7 Å². The molecule has 0 atom stereocenters. The Balaban J connectivity index is 1.49. The normalized spacial score (nSPS) is 11.5. The molecule has 198 valence electrons. The van der Waals surface area contributed by atoms with Crippen molar-refractivity contribution in [1.29, 1.82) is 0 Å². The average Bonchev–Trinajstić information content (AvgIpc) is 3.53. The summed E-state index contributed by atoms with van der Waals surface area (Å²) in [7, 11) is 0. The molecule has 8 aromatic rings. The molecule has 0 radical (unpaired) electrons. The van der Waals surface area contributed by atoms with Crippen LogP contribution >= 0.6 is 0 Å². The minimum atomic E-state index is 0.601. The third-order valence-corrected chi connectivity index (χ3v) is 8.34. The molecule has 4 heteroatoms. The van der Waals surface area contributed by atoms with Gasteiger partial charge in [-0.2, -0.15) is 0 Å². The van der Waals surface area contributed by atoms with Crippen molar-refractivity contribution in [2.24, 2.45) is 0 Å². The van der Waals surface area contributed by atoms with E-state index in [9.17, 15) is 0 Å². The van der Waals surface area contributed by atoms with Crippen LogP contribution in [0, 0.1) is 20.4 Å². The summed E-state index contributed by atoms with van der Waals surface area (Å²) in [6, 6.07) is 38.5. The number of nitrogens with zero attached hydrogens (tertiary/aromatic N) is 4. The van der Waals surface area contributed by atoms with Crippen molar-refractivity contribution >= 4 is 49.3 Å². The van der Waals surface area contributed by atoms with E-state index in [1.54, 1.807) is 0 Å². The molecule has 0 N–H and O–H groups in total. The molecule has 0 saturated carbocycles. The molecule has 0 aliphatic rings. The lowest BCUT2D eigenvalue weighted by Crippen LogP contribution is -2.02. The molecule has 0 spiro atoms. The van der Waals surface area contributed by atoms with Crippen LogP contribution in [0.4, 0.5) is 5.69 Å². The highest BCUT2D eigenvalue weighted by molar-refractivity contribution is 6.11. The Morgan fingerprint density at radius 2 is 1.12 bits per heavy atom. The second-order valence-electron chi connectivity index (χ2n) is 11.0. The second kappa shape index (κ2) is 9.19. The van der Waals surface area contributed by atoms with Gasteiger partial charge < -0.3 is 9.13 Å². The summed E-state index contributed by atoms with van der Waals surface area (Å²) in [5.74, 6) is 0. The zero-order chi connectivity index (χ0) is 28.4. The number of fused-ring (bicyclic) bond motifs is 6. The average molecular weight is 539 g/mol. The number of benzene rings is 5. The third kappa shape index (κ3) is 3.51. The zero-order valence-electron chi connectivity index (χ0n) is 23.3. The van der Waals surface area contributed by atoms with E-state index in [0.717, 1.165) is 44.6 Å². The van der Waals surface area contributed by atoms with Gasteiger partial charge in [0.2, 0.25) is 0 Å². The Kier molecular flexibility index (Phi) is 5.29.